The standard InChI is InChI=1S/C17H24N4O2S2/c1-3-21(14-7-5-4-6-8-14)16(22)11-25-17-20-19-15(23-17)9-13-10-24-12(2)18-13/h10,14H,3-9,11H2,1-2H3. The van der Waals surface area contributed by atoms with Crippen LogP contribution in [0.25, 0.3) is 0 Å². The number of amides is 1. The van der Waals surface area contributed by atoms with E-state index < -0.39 is 0 Å². The molecule has 1 amide bonds. The van der Waals surface area contributed by atoms with Crippen LogP contribution in [0.15, 0.2) is 15.0 Å². The van der Waals surface area contributed by atoms with Crippen molar-refractivity contribution < 1.29 is 9.21 Å². The summed E-state index contributed by atoms with van der Waals surface area (Å²) in [5.41, 5.74) is 0.938. The van der Waals surface area contributed by atoms with Crippen molar-refractivity contribution in [1.82, 2.24) is 20.1 Å². The molecule has 0 aliphatic heterocycles. The van der Waals surface area contributed by atoms with E-state index >= 15 is 0 Å². The van der Waals surface area contributed by atoms with Gasteiger partial charge in [-0.15, -0.1) is 21.5 Å². The summed E-state index contributed by atoms with van der Waals surface area (Å²) in [5, 5.41) is 11.6. The second kappa shape index (κ2) is 8.80. The topological polar surface area (TPSA) is 72.1 Å². The van der Waals surface area contributed by atoms with Crippen LogP contribution < -0.4 is 0 Å². The summed E-state index contributed by atoms with van der Waals surface area (Å²) in [5.74, 6) is 1.05. The van der Waals surface area contributed by atoms with Crippen LogP contribution in [0.4, 0.5) is 0 Å². The monoisotopic (exact) mass is 380 g/mol. The molecule has 0 unspecified atom stereocenters. The van der Waals surface area contributed by atoms with E-state index in [4.69, 9.17) is 4.42 Å². The van der Waals surface area contributed by atoms with Gasteiger partial charge in [0.1, 0.15) is 0 Å². The molecular weight excluding hydrogens is 356 g/mol. The van der Waals surface area contributed by atoms with Crippen LogP contribution in [-0.4, -0.2) is 44.3 Å². The molecule has 2 aromatic rings. The molecule has 1 saturated carbocycles. The van der Waals surface area contributed by atoms with Gasteiger partial charge in [0.25, 0.3) is 5.22 Å². The fourth-order valence-electron chi connectivity index (χ4n) is 3.25. The minimum Gasteiger partial charge on any atom is -0.416 e. The Hall–Kier alpha value is -1.41. The molecule has 0 atom stereocenters. The summed E-state index contributed by atoms with van der Waals surface area (Å²) in [6.45, 7) is 4.79. The van der Waals surface area contributed by atoms with Crippen molar-refractivity contribution in [3.63, 3.8) is 0 Å². The Labute approximate surface area is 156 Å². The zero-order valence-corrected chi connectivity index (χ0v) is 16.4. The smallest absolute Gasteiger partial charge is 0.277 e. The molecule has 0 bridgehead atoms. The number of carbonyl (C=O) groups excluding carboxylic acids is 1. The molecule has 2 aromatic heterocycles. The zero-order valence-electron chi connectivity index (χ0n) is 14.7. The number of carbonyl (C=O) groups is 1. The highest BCUT2D eigenvalue weighted by atomic mass is 32.2. The highest BCUT2D eigenvalue weighted by Gasteiger charge is 2.24. The molecule has 25 heavy (non-hydrogen) atoms. The minimum atomic E-state index is 0.161. The Kier molecular flexibility index (Phi) is 6.47. The Morgan fingerprint density at radius 1 is 1.36 bits per heavy atom. The van der Waals surface area contributed by atoms with Gasteiger partial charge in [-0.1, -0.05) is 31.0 Å². The van der Waals surface area contributed by atoms with Gasteiger partial charge in [0, 0.05) is 18.0 Å². The average Bonchev–Trinajstić information content (AvgIpc) is 3.24. The summed E-state index contributed by atoms with van der Waals surface area (Å²) in [7, 11) is 0. The summed E-state index contributed by atoms with van der Waals surface area (Å²) in [6.07, 6.45) is 6.54. The lowest BCUT2D eigenvalue weighted by atomic mass is 9.94. The van der Waals surface area contributed by atoms with Crippen molar-refractivity contribution in [2.45, 2.75) is 63.6 Å². The molecule has 1 fully saturated rings. The maximum absolute atomic E-state index is 12.6. The van der Waals surface area contributed by atoms with E-state index in [2.05, 4.69) is 22.1 Å². The van der Waals surface area contributed by atoms with Gasteiger partial charge in [-0.3, -0.25) is 4.79 Å². The molecule has 0 aromatic carbocycles. The first-order valence-electron chi connectivity index (χ1n) is 8.81. The van der Waals surface area contributed by atoms with Crippen LogP contribution in [0.5, 0.6) is 0 Å². The van der Waals surface area contributed by atoms with Crippen molar-refractivity contribution in [2.24, 2.45) is 0 Å². The number of aryl methyl sites for hydroxylation is 1. The fourth-order valence-corrected chi connectivity index (χ4v) is 4.53. The van der Waals surface area contributed by atoms with E-state index in [-0.39, 0.29) is 5.91 Å². The van der Waals surface area contributed by atoms with Crippen molar-refractivity contribution in [1.29, 1.82) is 0 Å². The van der Waals surface area contributed by atoms with Gasteiger partial charge in [0.05, 0.1) is 22.9 Å². The van der Waals surface area contributed by atoms with Gasteiger partial charge in [-0.05, 0) is 26.7 Å². The number of hydrogen-bond acceptors (Lipinski definition) is 7. The molecule has 0 spiro atoms. The van der Waals surface area contributed by atoms with Crippen LogP contribution in [0.1, 0.15) is 55.6 Å². The predicted octanol–water partition coefficient (Wildman–Crippen LogP) is 3.70. The van der Waals surface area contributed by atoms with E-state index in [1.54, 1.807) is 11.3 Å². The van der Waals surface area contributed by atoms with Crippen LogP contribution >= 0.6 is 23.1 Å². The van der Waals surface area contributed by atoms with E-state index in [0.717, 1.165) is 30.1 Å². The van der Waals surface area contributed by atoms with Gasteiger partial charge >= 0.3 is 0 Å². The molecule has 0 saturated heterocycles. The summed E-state index contributed by atoms with van der Waals surface area (Å²) < 4.78 is 5.64. The Morgan fingerprint density at radius 3 is 2.84 bits per heavy atom. The van der Waals surface area contributed by atoms with Crippen LogP contribution in [0, 0.1) is 6.92 Å². The second-order valence-corrected chi connectivity index (χ2v) is 8.25. The summed E-state index contributed by atoms with van der Waals surface area (Å²) >= 11 is 2.93. The molecular formula is C17H24N4O2S2. The number of thiazole rings is 1. The minimum absolute atomic E-state index is 0.161. The van der Waals surface area contributed by atoms with Crippen LogP contribution in [-0.2, 0) is 11.2 Å². The Morgan fingerprint density at radius 2 is 2.16 bits per heavy atom. The van der Waals surface area contributed by atoms with Crippen LogP contribution in [0.2, 0.25) is 0 Å². The number of hydrogen-bond donors (Lipinski definition) is 0. The van der Waals surface area contributed by atoms with Gasteiger partial charge in [-0.2, -0.15) is 0 Å². The molecule has 0 N–H and O–H groups in total. The first-order valence-corrected chi connectivity index (χ1v) is 10.7. The quantitative estimate of drug-likeness (QED) is 0.682. The van der Waals surface area contributed by atoms with Gasteiger partial charge < -0.3 is 9.32 Å². The molecule has 0 radical (unpaired) electrons. The van der Waals surface area contributed by atoms with Crippen LogP contribution in [0.3, 0.4) is 0 Å². The number of aromatic nitrogens is 3. The van der Waals surface area contributed by atoms with E-state index in [1.807, 2.05) is 17.2 Å². The number of rotatable bonds is 7. The van der Waals surface area contributed by atoms with Crippen molar-refractivity contribution in [3.05, 3.63) is 22.0 Å². The van der Waals surface area contributed by atoms with E-state index in [1.165, 1.54) is 31.0 Å². The summed E-state index contributed by atoms with van der Waals surface area (Å²) in [4.78, 5) is 19.0. The molecule has 1 aliphatic carbocycles. The van der Waals surface area contributed by atoms with Gasteiger partial charge in [0.15, 0.2) is 0 Å². The fraction of sp³-hybridized carbons (Fsp3) is 0.647. The SMILES string of the molecule is CCN(C(=O)CSc1nnc(Cc2csc(C)n2)o1)C1CCCCC1. The predicted molar refractivity (Wildman–Crippen MR) is 98.9 cm³/mol. The molecule has 8 heteroatoms. The number of thioether (sulfide) groups is 1. The third kappa shape index (κ3) is 5.04. The first-order chi connectivity index (χ1) is 12.2. The highest BCUT2D eigenvalue weighted by molar-refractivity contribution is 7.99. The normalized spacial score (nSPS) is 15.4. The van der Waals surface area contributed by atoms with E-state index in [0.29, 0.717) is 29.3 Å². The van der Waals surface area contributed by atoms with Crippen molar-refractivity contribution >= 4 is 29.0 Å². The van der Waals surface area contributed by atoms with E-state index in [9.17, 15) is 4.79 Å². The largest absolute Gasteiger partial charge is 0.416 e. The lowest BCUT2D eigenvalue weighted by Gasteiger charge is -2.33. The average molecular weight is 381 g/mol. The maximum atomic E-state index is 12.6. The maximum Gasteiger partial charge on any atom is 0.277 e. The molecule has 6 nitrogen and oxygen atoms in total. The Bertz CT molecular complexity index is 694. The summed E-state index contributed by atoms with van der Waals surface area (Å²) in [6, 6.07) is 0.401. The molecule has 1 aliphatic rings. The highest BCUT2D eigenvalue weighted by Crippen LogP contribution is 2.24. The molecule has 2 heterocycles. The number of nitrogens with zero attached hydrogens (tertiary/aromatic N) is 4. The Balaban J connectivity index is 1.51. The van der Waals surface area contributed by atoms with Crippen molar-refractivity contribution in [3.8, 4) is 0 Å². The molecule has 136 valence electrons. The van der Waals surface area contributed by atoms with Gasteiger partial charge in [0.2, 0.25) is 11.8 Å². The lowest BCUT2D eigenvalue weighted by molar-refractivity contribution is -0.131. The second-order valence-electron chi connectivity index (χ2n) is 6.26. The first kappa shape index (κ1) is 18.4. The zero-order chi connectivity index (χ0) is 17.6. The molecule has 3 rings (SSSR count). The van der Waals surface area contributed by atoms with Crippen molar-refractivity contribution in [2.75, 3.05) is 12.3 Å². The third-order valence-electron chi connectivity index (χ3n) is 4.44. The lowest BCUT2D eigenvalue weighted by Crippen LogP contribution is -2.42. The third-order valence-corrected chi connectivity index (χ3v) is 6.07. The van der Waals surface area contributed by atoms with Gasteiger partial charge in [-0.25, -0.2) is 4.98 Å².